The zero-order valence-electron chi connectivity index (χ0n) is 8.07. The molecule has 0 saturated heterocycles. The Morgan fingerprint density at radius 3 is 2.20 bits per heavy atom. The van der Waals surface area contributed by atoms with E-state index >= 15 is 0 Å². The molecule has 0 N–H and O–H groups in total. The van der Waals surface area contributed by atoms with Gasteiger partial charge < -0.3 is 0 Å². The van der Waals surface area contributed by atoms with E-state index in [-0.39, 0.29) is 0 Å². The summed E-state index contributed by atoms with van der Waals surface area (Å²) in [5.41, 5.74) is 3.26. The summed E-state index contributed by atoms with van der Waals surface area (Å²) in [6.45, 7) is 0. The predicted octanol–water partition coefficient (Wildman–Crippen LogP) is 4.10. The fourth-order valence-electron chi connectivity index (χ4n) is 1.44. The average molecular weight is 257 g/mol. The lowest BCUT2D eigenvalue weighted by atomic mass is 10.0. The molecule has 0 bridgehead atoms. The number of rotatable bonds is 1. The van der Waals surface area contributed by atoms with Crippen LogP contribution in [0.25, 0.3) is 11.1 Å². The molecule has 0 aromatic heterocycles. The SMILES string of the molecule is C#Cc1ccc(-c2ccccc2Br)cc1. The van der Waals surface area contributed by atoms with Crippen molar-refractivity contribution in [3.8, 4) is 23.5 Å². The molecule has 0 atom stereocenters. The zero-order valence-corrected chi connectivity index (χ0v) is 9.66. The van der Waals surface area contributed by atoms with Crippen molar-refractivity contribution in [2.75, 3.05) is 0 Å². The van der Waals surface area contributed by atoms with Crippen molar-refractivity contribution in [3.05, 3.63) is 58.6 Å². The summed E-state index contributed by atoms with van der Waals surface area (Å²) in [4.78, 5) is 0. The van der Waals surface area contributed by atoms with Crippen molar-refractivity contribution in [2.45, 2.75) is 0 Å². The van der Waals surface area contributed by atoms with Crippen LogP contribution in [0.15, 0.2) is 53.0 Å². The minimum Gasteiger partial charge on any atom is -0.115 e. The lowest BCUT2D eigenvalue weighted by molar-refractivity contribution is 1.57. The van der Waals surface area contributed by atoms with E-state index in [2.05, 4.69) is 27.9 Å². The Hall–Kier alpha value is -1.52. The number of hydrogen-bond acceptors (Lipinski definition) is 0. The lowest BCUT2D eigenvalue weighted by Gasteiger charge is -2.04. The molecule has 1 heteroatoms. The molecule has 2 aromatic carbocycles. The molecule has 15 heavy (non-hydrogen) atoms. The Morgan fingerprint density at radius 2 is 1.60 bits per heavy atom. The maximum atomic E-state index is 5.31. The third kappa shape index (κ3) is 2.11. The first-order valence-corrected chi connectivity index (χ1v) is 5.42. The van der Waals surface area contributed by atoms with Crippen molar-refractivity contribution < 1.29 is 0 Å². The highest BCUT2D eigenvalue weighted by atomic mass is 79.9. The van der Waals surface area contributed by atoms with E-state index in [9.17, 15) is 0 Å². The third-order valence-corrected chi connectivity index (χ3v) is 2.93. The van der Waals surface area contributed by atoms with Crippen LogP contribution in [0.2, 0.25) is 0 Å². The van der Waals surface area contributed by atoms with Crippen molar-refractivity contribution in [3.63, 3.8) is 0 Å². The number of benzene rings is 2. The third-order valence-electron chi connectivity index (χ3n) is 2.24. The summed E-state index contributed by atoms with van der Waals surface area (Å²) < 4.78 is 1.10. The summed E-state index contributed by atoms with van der Waals surface area (Å²) in [5.74, 6) is 2.61. The summed E-state index contributed by atoms with van der Waals surface area (Å²) in [5, 5.41) is 0. The van der Waals surface area contributed by atoms with Crippen molar-refractivity contribution in [1.82, 2.24) is 0 Å². The second kappa shape index (κ2) is 4.33. The van der Waals surface area contributed by atoms with Crippen molar-refractivity contribution in [2.24, 2.45) is 0 Å². The van der Waals surface area contributed by atoms with Gasteiger partial charge in [-0.1, -0.05) is 52.2 Å². The van der Waals surface area contributed by atoms with Gasteiger partial charge in [0.1, 0.15) is 0 Å². The summed E-state index contributed by atoms with van der Waals surface area (Å²) in [7, 11) is 0. The van der Waals surface area contributed by atoms with E-state index in [1.807, 2.05) is 42.5 Å². The maximum Gasteiger partial charge on any atom is 0.0253 e. The Morgan fingerprint density at radius 1 is 0.933 bits per heavy atom. The van der Waals surface area contributed by atoms with Gasteiger partial charge in [0.2, 0.25) is 0 Å². The summed E-state index contributed by atoms with van der Waals surface area (Å²) in [6, 6.07) is 16.1. The molecule has 0 aliphatic carbocycles. The van der Waals surface area contributed by atoms with Crippen LogP contribution in [0, 0.1) is 12.3 Å². The van der Waals surface area contributed by atoms with Gasteiger partial charge in [-0.15, -0.1) is 6.42 Å². The molecule has 2 rings (SSSR count). The van der Waals surface area contributed by atoms with Gasteiger partial charge in [0.05, 0.1) is 0 Å². The topological polar surface area (TPSA) is 0 Å². The molecule has 0 aliphatic rings. The standard InChI is InChI=1S/C14H9Br/c1-2-11-7-9-12(10-8-11)13-5-3-4-6-14(13)15/h1,3-10H. The molecule has 2 aromatic rings. The minimum atomic E-state index is 0.908. The summed E-state index contributed by atoms with van der Waals surface area (Å²) in [6.07, 6.45) is 5.31. The molecule has 0 fully saturated rings. The Bertz CT molecular complexity index is 504. The predicted molar refractivity (Wildman–Crippen MR) is 67.5 cm³/mol. The Balaban J connectivity index is 2.47. The van der Waals surface area contributed by atoms with Gasteiger partial charge in [-0.25, -0.2) is 0 Å². The summed E-state index contributed by atoms with van der Waals surface area (Å²) >= 11 is 3.53. The molecule has 0 amide bonds. The van der Waals surface area contributed by atoms with Gasteiger partial charge in [-0.2, -0.15) is 0 Å². The van der Waals surface area contributed by atoms with Crippen molar-refractivity contribution in [1.29, 1.82) is 0 Å². The number of halogens is 1. The number of hydrogen-bond donors (Lipinski definition) is 0. The second-order valence-electron chi connectivity index (χ2n) is 3.20. The molecule has 0 aliphatic heterocycles. The molecule has 0 heterocycles. The highest BCUT2D eigenvalue weighted by molar-refractivity contribution is 9.10. The van der Waals surface area contributed by atoms with Gasteiger partial charge in [0.25, 0.3) is 0 Å². The first-order chi connectivity index (χ1) is 7.31. The van der Waals surface area contributed by atoms with Gasteiger partial charge in [-0.05, 0) is 29.3 Å². The van der Waals surface area contributed by atoms with Crippen LogP contribution in [0.5, 0.6) is 0 Å². The van der Waals surface area contributed by atoms with Crippen LogP contribution in [0.1, 0.15) is 5.56 Å². The smallest absolute Gasteiger partial charge is 0.0253 e. The molecule has 0 nitrogen and oxygen atoms in total. The molecule has 0 unspecified atom stereocenters. The molecular formula is C14H9Br. The zero-order chi connectivity index (χ0) is 10.7. The normalized spacial score (nSPS) is 9.60. The molecule has 0 spiro atoms. The van der Waals surface area contributed by atoms with Crippen LogP contribution in [0.3, 0.4) is 0 Å². The van der Waals surface area contributed by atoms with Gasteiger partial charge >= 0.3 is 0 Å². The number of terminal acetylenes is 1. The first kappa shape index (κ1) is 10.0. The van der Waals surface area contributed by atoms with E-state index in [0.717, 1.165) is 10.0 Å². The fourth-order valence-corrected chi connectivity index (χ4v) is 1.96. The minimum absolute atomic E-state index is 0.908. The van der Waals surface area contributed by atoms with E-state index in [1.165, 1.54) is 11.1 Å². The first-order valence-electron chi connectivity index (χ1n) is 4.63. The largest absolute Gasteiger partial charge is 0.115 e. The quantitative estimate of drug-likeness (QED) is 0.675. The van der Waals surface area contributed by atoms with E-state index in [4.69, 9.17) is 6.42 Å². The van der Waals surface area contributed by atoms with Gasteiger partial charge in [0.15, 0.2) is 0 Å². The molecule has 72 valence electrons. The monoisotopic (exact) mass is 256 g/mol. The van der Waals surface area contributed by atoms with E-state index < -0.39 is 0 Å². The molecule has 0 radical (unpaired) electrons. The van der Waals surface area contributed by atoms with Gasteiger partial charge in [0, 0.05) is 10.0 Å². The Labute approximate surface area is 98.1 Å². The fraction of sp³-hybridized carbons (Fsp3) is 0. The van der Waals surface area contributed by atoms with Crippen LogP contribution < -0.4 is 0 Å². The van der Waals surface area contributed by atoms with Crippen LogP contribution in [-0.4, -0.2) is 0 Å². The van der Waals surface area contributed by atoms with Crippen molar-refractivity contribution >= 4 is 15.9 Å². The highest BCUT2D eigenvalue weighted by Gasteiger charge is 2.00. The lowest BCUT2D eigenvalue weighted by Crippen LogP contribution is -1.80. The maximum absolute atomic E-state index is 5.31. The van der Waals surface area contributed by atoms with Crippen LogP contribution in [-0.2, 0) is 0 Å². The average Bonchev–Trinajstić information content (AvgIpc) is 2.30. The van der Waals surface area contributed by atoms with E-state index in [0.29, 0.717) is 0 Å². The van der Waals surface area contributed by atoms with Crippen LogP contribution >= 0.6 is 15.9 Å². The molecular weight excluding hydrogens is 248 g/mol. The molecule has 0 saturated carbocycles. The van der Waals surface area contributed by atoms with Gasteiger partial charge in [-0.3, -0.25) is 0 Å². The van der Waals surface area contributed by atoms with Crippen LogP contribution in [0.4, 0.5) is 0 Å². The highest BCUT2D eigenvalue weighted by Crippen LogP contribution is 2.27. The van der Waals surface area contributed by atoms with E-state index in [1.54, 1.807) is 0 Å². The Kier molecular flexibility index (Phi) is 2.89. The second-order valence-corrected chi connectivity index (χ2v) is 4.06.